The molecule has 0 radical (unpaired) electrons. The van der Waals surface area contributed by atoms with Crippen LogP contribution in [0.3, 0.4) is 0 Å². The van der Waals surface area contributed by atoms with E-state index in [1.807, 2.05) is 13.8 Å². The average molecular weight is 337 g/mol. The van der Waals surface area contributed by atoms with Gasteiger partial charge in [-0.2, -0.15) is 0 Å². The molecule has 2 nitrogen and oxygen atoms in total. The van der Waals surface area contributed by atoms with Crippen LogP contribution < -0.4 is 4.74 Å². The van der Waals surface area contributed by atoms with Crippen molar-refractivity contribution in [1.82, 2.24) is 0 Å². The van der Waals surface area contributed by atoms with E-state index in [0.717, 1.165) is 16.9 Å². The number of ketones is 1. The van der Waals surface area contributed by atoms with Gasteiger partial charge < -0.3 is 4.74 Å². The lowest BCUT2D eigenvalue weighted by Crippen LogP contribution is -2.04. The van der Waals surface area contributed by atoms with Crippen LogP contribution >= 0.6 is 15.9 Å². The zero-order chi connectivity index (χ0) is 14.9. The van der Waals surface area contributed by atoms with Crippen molar-refractivity contribution in [2.45, 2.75) is 13.8 Å². The fourth-order valence-corrected chi connectivity index (χ4v) is 2.59. The van der Waals surface area contributed by atoms with E-state index < -0.39 is 0 Å². The lowest BCUT2D eigenvalue weighted by Gasteiger charge is -2.11. The number of rotatable bonds is 3. The number of aryl methyl sites for hydroxylation is 2. The SMILES string of the molecule is COc1c(C)cc(C(=O)c2ccc(F)c(Br)c2)cc1C. The van der Waals surface area contributed by atoms with Crippen molar-refractivity contribution < 1.29 is 13.9 Å². The molecular formula is C16H14BrFO2. The van der Waals surface area contributed by atoms with Gasteiger partial charge in [0.2, 0.25) is 0 Å². The number of benzene rings is 2. The number of carbonyl (C=O) groups excluding carboxylic acids is 1. The van der Waals surface area contributed by atoms with Crippen molar-refractivity contribution in [3.05, 3.63) is 62.9 Å². The largest absolute Gasteiger partial charge is 0.496 e. The van der Waals surface area contributed by atoms with Crippen LogP contribution in [0.15, 0.2) is 34.8 Å². The summed E-state index contributed by atoms with van der Waals surface area (Å²) in [5, 5.41) is 0. The number of hydrogen-bond donors (Lipinski definition) is 0. The van der Waals surface area contributed by atoms with Gasteiger partial charge in [-0.05, 0) is 71.2 Å². The van der Waals surface area contributed by atoms with Crippen LogP contribution in [0.25, 0.3) is 0 Å². The van der Waals surface area contributed by atoms with Crippen molar-refractivity contribution in [3.8, 4) is 5.75 Å². The molecule has 0 atom stereocenters. The Morgan fingerprint density at radius 2 is 1.70 bits per heavy atom. The molecule has 0 heterocycles. The summed E-state index contributed by atoms with van der Waals surface area (Å²) >= 11 is 3.09. The van der Waals surface area contributed by atoms with Crippen LogP contribution in [-0.2, 0) is 0 Å². The first-order valence-electron chi connectivity index (χ1n) is 6.09. The van der Waals surface area contributed by atoms with Crippen molar-refractivity contribution in [2.24, 2.45) is 0 Å². The quantitative estimate of drug-likeness (QED) is 0.774. The van der Waals surface area contributed by atoms with E-state index in [2.05, 4.69) is 15.9 Å². The highest BCUT2D eigenvalue weighted by atomic mass is 79.9. The molecule has 0 aliphatic rings. The van der Waals surface area contributed by atoms with Crippen LogP contribution in [0.2, 0.25) is 0 Å². The smallest absolute Gasteiger partial charge is 0.193 e. The van der Waals surface area contributed by atoms with Crippen LogP contribution in [0, 0.1) is 19.7 Å². The summed E-state index contributed by atoms with van der Waals surface area (Å²) < 4.78 is 18.8. The molecule has 4 heteroatoms. The van der Waals surface area contributed by atoms with E-state index in [9.17, 15) is 9.18 Å². The van der Waals surface area contributed by atoms with Gasteiger partial charge in [-0.25, -0.2) is 4.39 Å². The van der Waals surface area contributed by atoms with Gasteiger partial charge >= 0.3 is 0 Å². The second-order valence-corrected chi connectivity index (χ2v) is 5.46. The van der Waals surface area contributed by atoms with Gasteiger partial charge in [0.1, 0.15) is 11.6 Å². The molecular weight excluding hydrogens is 323 g/mol. The Morgan fingerprint density at radius 3 is 2.20 bits per heavy atom. The lowest BCUT2D eigenvalue weighted by atomic mass is 9.98. The standard InChI is InChI=1S/C16H14BrFO2/c1-9-6-12(7-10(2)16(9)20-3)15(19)11-4-5-14(18)13(17)8-11/h4-8H,1-3H3. The van der Waals surface area contributed by atoms with E-state index in [0.29, 0.717) is 11.1 Å². The molecule has 104 valence electrons. The first-order valence-corrected chi connectivity index (χ1v) is 6.88. The maximum atomic E-state index is 13.2. The molecule has 0 fully saturated rings. The summed E-state index contributed by atoms with van der Waals surface area (Å²) in [7, 11) is 1.61. The Labute approximate surface area is 125 Å². The maximum Gasteiger partial charge on any atom is 0.193 e. The molecule has 0 unspecified atom stereocenters. The van der Waals surface area contributed by atoms with Gasteiger partial charge in [0.05, 0.1) is 11.6 Å². The highest BCUT2D eigenvalue weighted by Gasteiger charge is 2.14. The first-order chi connectivity index (χ1) is 9.43. The summed E-state index contributed by atoms with van der Waals surface area (Å²) in [4.78, 5) is 12.4. The van der Waals surface area contributed by atoms with E-state index in [4.69, 9.17) is 4.74 Å². The summed E-state index contributed by atoms with van der Waals surface area (Å²) in [6.07, 6.45) is 0. The Balaban J connectivity index is 2.45. The van der Waals surface area contributed by atoms with Gasteiger partial charge in [0.15, 0.2) is 5.78 Å². The van der Waals surface area contributed by atoms with Crippen molar-refractivity contribution >= 4 is 21.7 Å². The number of hydrogen-bond acceptors (Lipinski definition) is 2. The second-order valence-electron chi connectivity index (χ2n) is 4.60. The van der Waals surface area contributed by atoms with E-state index in [1.165, 1.54) is 18.2 Å². The summed E-state index contributed by atoms with van der Waals surface area (Å²) in [6, 6.07) is 7.82. The van der Waals surface area contributed by atoms with Gasteiger partial charge in [0, 0.05) is 11.1 Å². The lowest BCUT2D eigenvalue weighted by molar-refractivity contribution is 0.103. The molecule has 0 saturated carbocycles. The fourth-order valence-electron chi connectivity index (χ4n) is 2.21. The normalized spacial score (nSPS) is 10.4. The molecule has 0 saturated heterocycles. The minimum Gasteiger partial charge on any atom is -0.496 e. The van der Waals surface area contributed by atoms with E-state index in [1.54, 1.807) is 19.2 Å². The summed E-state index contributed by atoms with van der Waals surface area (Å²) in [5.41, 5.74) is 2.82. The van der Waals surface area contributed by atoms with Crippen LogP contribution in [-0.4, -0.2) is 12.9 Å². The third-order valence-corrected chi connectivity index (χ3v) is 3.72. The third kappa shape index (κ3) is 2.75. The molecule has 0 aliphatic carbocycles. The number of ether oxygens (including phenoxy) is 1. The predicted molar refractivity (Wildman–Crippen MR) is 80.0 cm³/mol. The van der Waals surface area contributed by atoms with Crippen molar-refractivity contribution in [3.63, 3.8) is 0 Å². The maximum absolute atomic E-state index is 13.2. The zero-order valence-electron chi connectivity index (χ0n) is 11.5. The fraction of sp³-hybridized carbons (Fsp3) is 0.188. The molecule has 0 spiro atoms. The van der Waals surface area contributed by atoms with Crippen LogP contribution in [0.1, 0.15) is 27.0 Å². The molecule has 0 N–H and O–H groups in total. The number of carbonyl (C=O) groups is 1. The average Bonchev–Trinajstić information content (AvgIpc) is 2.40. The molecule has 2 aromatic rings. The highest BCUT2D eigenvalue weighted by molar-refractivity contribution is 9.10. The minimum atomic E-state index is -0.386. The van der Waals surface area contributed by atoms with Gasteiger partial charge in [-0.15, -0.1) is 0 Å². The van der Waals surface area contributed by atoms with Crippen LogP contribution in [0.4, 0.5) is 4.39 Å². The predicted octanol–water partition coefficient (Wildman–Crippen LogP) is 4.44. The molecule has 20 heavy (non-hydrogen) atoms. The van der Waals surface area contributed by atoms with Crippen molar-refractivity contribution in [2.75, 3.05) is 7.11 Å². The van der Waals surface area contributed by atoms with Gasteiger partial charge in [0.25, 0.3) is 0 Å². The summed E-state index contributed by atoms with van der Waals surface area (Å²) in [5.74, 6) is 0.255. The molecule has 0 amide bonds. The van der Waals surface area contributed by atoms with E-state index in [-0.39, 0.29) is 16.1 Å². The monoisotopic (exact) mass is 336 g/mol. The van der Waals surface area contributed by atoms with Crippen LogP contribution in [0.5, 0.6) is 5.75 Å². The van der Waals surface area contributed by atoms with E-state index >= 15 is 0 Å². The molecule has 0 aliphatic heterocycles. The molecule has 0 bridgehead atoms. The summed E-state index contributed by atoms with van der Waals surface area (Å²) in [6.45, 7) is 3.78. The van der Waals surface area contributed by atoms with Crippen molar-refractivity contribution in [1.29, 1.82) is 0 Å². The van der Waals surface area contributed by atoms with Gasteiger partial charge in [-0.3, -0.25) is 4.79 Å². The zero-order valence-corrected chi connectivity index (χ0v) is 13.0. The second kappa shape index (κ2) is 5.75. The third-order valence-electron chi connectivity index (χ3n) is 3.11. The Bertz CT molecular complexity index is 657. The Kier molecular flexibility index (Phi) is 4.23. The number of methoxy groups -OCH3 is 1. The first kappa shape index (κ1) is 14.7. The minimum absolute atomic E-state index is 0.139. The Hall–Kier alpha value is -1.68. The topological polar surface area (TPSA) is 26.3 Å². The van der Waals surface area contributed by atoms with Gasteiger partial charge in [-0.1, -0.05) is 0 Å². The Morgan fingerprint density at radius 1 is 1.10 bits per heavy atom. The highest BCUT2D eigenvalue weighted by Crippen LogP contribution is 2.26. The number of halogens is 2. The molecule has 2 rings (SSSR count). The molecule has 0 aromatic heterocycles. The molecule has 2 aromatic carbocycles.